The van der Waals surface area contributed by atoms with Crippen LogP contribution in [0.1, 0.15) is 35.1 Å². The Labute approximate surface area is 142 Å². The second kappa shape index (κ2) is 5.90. The molecule has 0 aliphatic heterocycles. The standard InChI is InChI=1S/C21H22O3/c1-22-16-8-9-17-14(10-16)6-4-13-5-7-15-11-19(23-2)20(24-3)12-18(15)21(13)17/h8-12H,4-7H2,1-3H3. The van der Waals surface area contributed by atoms with E-state index in [1.54, 1.807) is 26.9 Å². The maximum Gasteiger partial charge on any atom is 0.161 e. The minimum atomic E-state index is 0.797. The van der Waals surface area contributed by atoms with Crippen molar-refractivity contribution in [2.45, 2.75) is 25.7 Å². The molecule has 0 bridgehead atoms. The predicted molar refractivity (Wildman–Crippen MR) is 95.2 cm³/mol. The fourth-order valence-corrected chi connectivity index (χ4v) is 3.98. The Hall–Kier alpha value is -2.42. The van der Waals surface area contributed by atoms with Gasteiger partial charge in [0.15, 0.2) is 11.5 Å². The quantitative estimate of drug-likeness (QED) is 0.838. The fraction of sp³-hybridized carbons (Fsp3) is 0.333. The molecule has 0 saturated heterocycles. The molecule has 0 N–H and O–H groups in total. The highest BCUT2D eigenvalue weighted by Crippen LogP contribution is 2.46. The van der Waals surface area contributed by atoms with Gasteiger partial charge in [0.05, 0.1) is 21.3 Å². The molecule has 2 aromatic rings. The number of rotatable bonds is 3. The number of allylic oxidation sites excluding steroid dienone is 1. The Morgan fingerprint density at radius 3 is 2.00 bits per heavy atom. The molecule has 0 amide bonds. The van der Waals surface area contributed by atoms with Crippen LogP contribution in [-0.2, 0) is 12.8 Å². The summed E-state index contributed by atoms with van der Waals surface area (Å²) in [7, 11) is 5.12. The predicted octanol–water partition coefficient (Wildman–Crippen LogP) is 4.41. The summed E-state index contributed by atoms with van der Waals surface area (Å²) in [5.74, 6) is 2.54. The molecule has 124 valence electrons. The third-order valence-electron chi connectivity index (χ3n) is 5.21. The summed E-state index contributed by atoms with van der Waals surface area (Å²) in [6, 6.07) is 10.7. The molecule has 0 saturated carbocycles. The number of ether oxygens (including phenoxy) is 3. The molecule has 0 unspecified atom stereocenters. The van der Waals surface area contributed by atoms with Gasteiger partial charge in [-0.1, -0.05) is 11.6 Å². The highest BCUT2D eigenvalue weighted by molar-refractivity contribution is 5.88. The average Bonchev–Trinajstić information content (AvgIpc) is 2.65. The Kier molecular flexibility index (Phi) is 3.72. The second-order valence-corrected chi connectivity index (χ2v) is 6.37. The van der Waals surface area contributed by atoms with Gasteiger partial charge in [0.2, 0.25) is 0 Å². The molecule has 2 aliphatic carbocycles. The van der Waals surface area contributed by atoms with Crippen molar-refractivity contribution in [2.75, 3.05) is 21.3 Å². The molecule has 3 nitrogen and oxygen atoms in total. The number of benzene rings is 2. The topological polar surface area (TPSA) is 27.7 Å². The molecule has 0 atom stereocenters. The number of aryl methyl sites for hydroxylation is 2. The minimum absolute atomic E-state index is 0.797. The number of hydrogen-bond donors (Lipinski definition) is 0. The van der Waals surface area contributed by atoms with Crippen molar-refractivity contribution in [1.29, 1.82) is 0 Å². The minimum Gasteiger partial charge on any atom is -0.497 e. The SMILES string of the molecule is COc1ccc2c(c1)CCC1=C2c2cc(OC)c(OC)cc2CC1. The first kappa shape index (κ1) is 15.1. The third-order valence-corrected chi connectivity index (χ3v) is 5.21. The second-order valence-electron chi connectivity index (χ2n) is 6.37. The van der Waals surface area contributed by atoms with E-state index in [0.29, 0.717) is 0 Å². The van der Waals surface area contributed by atoms with Crippen LogP contribution in [0.2, 0.25) is 0 Å². The summed E-state index contributed by atoms with van der Waals surface area (Å²) >= 11 is 0. The van der Waals surface area contributed by atoms with E-state index in [2.05, 4.69) is 30.3 Å². The van der Waals surface area contributed by atoms with Crippen LogP contribution in [-0.4, -0.2) is 21.3 Å². The lowest BCUT2D eigenvalue weighted by Crippen LogP contribution is -2.13. The summed E-state index contributed by atoms with van der Waals surface area (Å²) in [4.78, 5) is 0. The lowest BCUT2D eigenvalue weighted by Gasteiger charge is -2.30. The zero-order chi connectivity index (χ0) is 16.7. The molecule has 0 spiro atoms. The highest BCUT2D eigenvalue weighted by atomic mass is 16.5. The van der Waals surface area contributed by atoms with E-state index in [1.165, 1.54) is 27.8 Å². The van der Waals surface area contributed by atoms with Crippen molar-refractivity contribution in [3.05, 3.63) is 58.2 Å². The smallest absolute Gasteiger partial charge is 0.161 e. The van der Waals surface area contributed by atoms with Crippen molar-refractivity contribution in [2.24, 2.45) is 0 Å². The van der Waals surface area contributed by atoms with Gasteiger partial charge in [0, 0.05) is 0 Å². The summed E-state index contributed by atoms with van der Waals surface area (Å²) in [6.45, 7) is 0. The van der Waals surface area contributed by atoms with Gasteiger partial charge < -0.3 is 14.2 Å². The molecule has 0 heterocycles. The molecular formula is C21H22O3. The Balaban J connectivity index is 1.90. The molecule has 24 heavy (non-hydrogen) atoms. The monoisotopic (exact) mass is 322 g/mol. The summed E-state index contributed by atoms with van der Waals surface area (Å²) in [5, 5.41) is 0. The van der Waals surface area contributed by atoms with E-state index in [0.717, 1.165) is 42.9 Å². The molecule has 3 heteroatoms. The highest BCUT2D eigenvalue weighted by Gasteiger charge is 2.27. The maximum atomic E-state index is 5.54. The first-order valence-corrected chi connectivity index (χ1v) is 8.39. The van der Waals surface area contributed by atoms with E-state index in [4.69, 9.17) is 14.2 Å². The van der Waals surface area contributed by atoms with Crippen molar-refractivity contribution < 1.29 is 14.2 Å². The van der Waals surface area contributed by atoms with Gasteiger partial charge in [0.1, 0.15) is 5.75 Å². The van der Waals surface area contributed by atoms with Crippen LogP contribution in [0.15, 0.2) is 35.9 Å². The first-order chi connectivity index (χ1) is 11.7. The van der Waals surface area contributed by atoms with Crippen LogP contribution in [0.5, 0.6) is 17.2 Å². The van der Waals surface area contributed by atoms with Gasteiger partial charge in [-0.05, 0) is 77.8 Å². The number of fused-ring (bicyclic) bond motifs is 4. The van der Waals surface area contributed by atoms with E-state index in [9.17, 15) is 0 Å². The van der Waals surface area contributed by atoms with Gasteiger partial charge in [-0.3, -0.25) is 0 Å². The van der Waals surface area contributed by atoms with Crippen LogP contribution in [0.3, 0.4) is 0 Å². The molecule has 4 rings (SSSR count). The van der Waals surface area contributed by atoms with Crippen molar-refractivity contribution in [1.82, 2.24) is 0 Å². The van der Waals surface area contributed by atoms with Crippen molar-refractivity contribution >= 4 is 5.57 Å². The number of hydrogen-bond acceptors (Lipinski definition) is 3. The van der Waals surface area contributed by atoms with E-state index >= 15 is 0 Å². The van der Waals surface area contributed by atoms with Crippen molar-refractivity contribution in [3.63, 3.8) is 0 Å². The molecule has 2 aromatic carbocycles. The van der Waals surface area contributed by atoms with Gasteiger partial charge in [-0.2, -0.15) is 0 Å². The largest absolute Gasteiger partial charge is 0.497 e. The Morgan fingerprint density at radius 1 is 0.667 bits per heavy atom. The Bertz CT molecular complexity index is 829. The normalized spacial score (nSPS) is 15.3. The van der Waals surface area contributed by atoms with Crippen molar-refractivity contribution in [3.8, 4) is 17.2 Å². The molecule has 0 aromatic heterocycles. The lowest BCUT2D eigenvalue weighted by molar-refractivity contribution is 0.354. The van der Waals surface area contributed by atoms with E-state index in [-0.39, 0.29) is 0 Å². The molecule has 0 radical (unpaired) electrons. The fourth-order valence-electron chi connectivity index (χ4n) is 3.98. The molecular weight excluding hydrogens is 300 g/mol. The van der Waals surface area contributed by atoms with Gasteiger partial charge >= 0.3 is 0 Å². The van der Waals surface area contributed by atoms with E-state index in [1.807, 2.05) is 0 Å². The van der Waals surface area contributed by atoms with Crippen LogP contribution in [0.4, 0.5) is 0 Å². The van der Waals surface area contributed by atoms with Gasteiger partial charge in [-0.15, -0.1) is 0 Å². The average molecular weight is 322 g/mol. The van der Waals surface area contributed by atoms with E-state index < -0.39 is 0 Å². The van der Waals surface area contributed by atoms with Gasteiger partial charge in [0.25, 0.3) is 0 Å². The lowest BCUT2D eigenvalue weighted by atomic mass is 9.75. The van der Waals surface area contributed by atoms with Crippen LogP contribution in [0.25, 0.3) is 5.57 Å². The Morgan fingerprint density at radius 2 is 1.33 bits per heavy atom. The first-order valence-electron chi connectivity index (χ1n) is 8.39. The summed E-state index contributed by atoms with van der Waals surface area (Å²) in [5.41, 5.74) is 8.30. The maximum absolute atomic E-state index is 5.54. The summed E-state index contributed by atoms with van der Waals surface area (Å²) < 4.78 is 16.4. The van der Waals surface area contributed by atoms with Crippen LogP contribution in [0, 0.1) is 0 Å². The van der Waals surface area contributed by atoms with Crippen LogP contribution < -0.4 is 14.2 Å². The molecule has 2 aliphatic rings. The summed E-state index contributed by atoms with van der Waals surface area (Å²) in [6.07, 6.45) is 4.42. The zero-order valence-corrected chi connectivity index (χ0v) is 14.4. The van der Waals surface area contributed by atoms with Crippen LogP contribution >= 0.6 is 0 Å². The zero-order valence-electron chi connectivity index (χ0n) is 14.4. The van der Waals surface area contributed by atoms with Gasteiger partial charge in [-0.25, -0.2) is 0 Å². The molecule has 0 fully saturated rings. The third kappa shape index (κ3) is 2.27. The number of methoxy groups -OCH3 is 3.